The number of nitrogens with zero attached hydrogens (tertiary/aromatic N) is 2. The summed E-state index contributed by atoms with van der Waals surface area (Å²) in [7, 11) is 2.17. The molecular weight excluding hydrogens is 392 g/mol. The summed E-state index contributed by atoms with van der Waals surface area (Å²) in [5, 5.41) is 16.4. The molecule has 29 heavy (non-hydrogen) atoms. The minimum Gasteiger partial charge on any atom is -0.478 e. The summed E-state index contributed by atoms with van der Waals surface area (Å²) < 4.78 is 2.30. The topological polar surface area (TPSA) is 82.8 Å². The molecular formula is C22H25ClN2O4. The number of rotatable bonds is 3. The van der Waals surface area contributed by atoms with Crippen molar-refractivity contribution in [2.75, 3.05) is 6.54 Å². The average Bonchev–Trinajstić information content (AvgIpc) is 3.22. The molecule has 0 bridgehead atoms. The molecule has 2 unspecified atom stereocenters. The fourth-order valence-corrected chi connectivity index (χ4v) is 4.64. The smallest absolute Gasteiger partial charge is 0.328 e. The molecule has 2 aliphatic rings. The van der Waals surface area contributed by atoms with E-state index in [9.17, 15) is 9.59 Å². The highest BCUT2D eigenvalue weighted by atomic mass is 35.5. The maximum absolute atomic E-state index is 9.55. The van der Waals surface area contributed by atoms with Gasteiger partial charge in [-0.15, -0.1) is 0 Å². The number of hydrogen-bond donors (Lipinski definition) is 2. The number of hydrogen-bond acceptors (Lipinski definition) is 3. The second kappa shape index (κ2) is 8.43. The van der Waals surface area contributed by atoms with E-state index in [1.165, 1.54) is 29.7 Å². The Hall–Kier alpha value is -2.57. The average molecular weight is 417 g/mol. The molecule has 154 valence electrons. The Balaban J connectivity index is 0.000000258. The molecule has 0 radical (unpaired) electrons. The number of carboxylic acid groups (broad SMARTS) is 2. The van der Waals surface area contributed by atoms with Crippen LogP contribution in [0.1, 0.15) is 42.6 Å². The molecule has 0 spiro atoms. The molecule has 3 heterocycles. The first kappa shape index (κ1) is 21.1. The van der Waals surface area contributed by atoms with Crippen molar-refractivity contribution in [2.45, 2.75) is 37.8 Å². The zero-order valence-electron chi connectivity index (χ0n) is 16.5. The van der Waals surface area contributed by atoms with Gasteiger partial charge in [-0.1, -0.05) is 23.7 Å². The molecule has 0 amide bonds. The predicted molar refractivity (Wildman–Crippen MR) is 111 cm³/mol. The van der Waals surface area contributed by atoms with Crippen molar-refractivity contribution >= 4 is 23.5 Å². The van der Waals surface area contributed by atoms with Crippen LogP contribution in [0, 0.1) is 0 Å². The molecule has 0 aliphatic carbocycles. The zero-order chi connectivity index (χ0) is 21.2. The van der Waals surface area contributed by atoms with Crippen LogP contribution in [0.25, 0.3) is 0 Å². The summed E-state index contributed by atoms with van der Waals surface area (Å²) in [5.74, 6) is -2.51. The van der Waals surface area contributed by atoms with Gasteiger partial charge in [0.15, 0.2) is 0 Å². The van der Waals surface area contributed by atoms with E-state index in [1.54, 1.807) is 0 Å². The number of fused-ring (bicyclic) bond motifs is 3. The third kappa shape index (κ3) is 4.38. The molecule has 4 rings (SSSR count). The molecule has 2 N–H and O–H groups in total. The van der Waals surface area contributed by atoms with E-state index in [4.69, 9.17) is 21.8 Å². The van der Waals surface area contributed by atoms with Crippen LogP contribution in [-0.2, 0) is 28.6 Å². The lowest BCUT2D eigenvalue weighted by atomic mass is 9.85. The zero-order valence-corrected chi connectivity index (χ0v) is 17.3. The number of benzene rings is 1. The Labute approximate surface area is 175 Å². The van der Waals surface area contributed by atoms with Crippen LogP contribution in [0.5, 0.6) is 0 Å². The normalized spacial score (nSPS) is 23.2. The monoisotopic (exact) mass is 416 g/mol. The third-order valence-electron chi connectivity index (χ3n) is 5.91. The summed E-state index contributed by atoms with van der Waals surface area (Å²) in [6, 6.07) is 11.3. The van der Waals surface area contributed by atoms with Gasteiger partial charge in [0.25, 0.3) is 0 Å². The van der Waals surface area contributed by atoms with Gasteiger partial charge in [0.2, 0.25) is 0 Å². The van der Waals surface area contributed by atoms with Crippen molar-refractivity contribution in [3.8, 4) is 0 Å². The van der Waals surface area contributed by atoms with Crippen molar-refractivity contribution in [3.05, 3.63) is 70.5 Å². The molecule has 7 heteroatoms. The van der Waals surface area contributed by atoms with Crippen molar-refractivity contribution < 1.29 is 19.8 Å². The Morgan fingerprint density at radius 3 is 2.34 bits per heavy atom. The highest BCUT2D eigenvalue weighted by molar-refractivity contribution is 6.30. The van der Waals surface area contributed by atoms with Gasteiger partial charge in [0.1, 0.15) is 0 Å². The minimum absolute atomic E-state index is 0.194. The summed E-state index contributed by atoms with van der Waals surface area (Å²) in [6.07, 6.45) is 6.95. The number of carboxylic acids is 2. The fraction of sp³-hybridized carbons (Fsp3) is 0.364. The van der Waals surface area contributed by atoms with E-state index in [0.29, 0.717) is 18.2 Å². The Kier molecular flexibility index (Phi) is 6.15. The van der Waals surface area contributed by atoms with Crippen molar-refractivity contribution in [1.82, 2.24) is 9.47 Å². The number of carbonyl (C=O) groups is 2. The molecule has 1 aromatic carbocycles. The van der Waals surface area contributed by atoms with Gasteiger partial charge in [-0.25, -0.2) is 9.59 Å². The van der Waals surface area contributed by atoms with E-state index < -0.39 is 11.9 Å². The predicted octanol–water partition coefficient (Wildman–Crippen LogP) is 4.00. The highest BCUT2D eigenvalue weighted by Crippen LogP contribution is 2.51. The van der Waals surface area contributed by atoms with E-state index in [1.807, 2.05) is 12.1 Å². The van der Waals surface area contributed by atoms with Crippen molar-refractivity contribution in [2.24, 2.45) is 7.05 Å². The van der Waals surface area contributed by atoms with Crippen LogP contribution < -0.4 is 0 Å². The Morgan fingerprint density at radius 2 is 1.76 bits per heavy atom. The van der Waals surface area contributed by atoms with Gasteiger partial charge in [0.05, 0.1) is 0 Å². The SMILES string of the molecule is Cn1ccc2c1CCN1C(c3ccc(Cl)cc3)CCC21C.O=C(O)/C=C/C(=O)O. The Morgan fingerprint density at radius 1 is 1.14 bits per heavy atom. The van der Waals surface area contributed by atoms with Gasteiger partial charge in [-0.3, -0.25) is 4.90 Å². The van der Waals surface area contributed by atoms with E-state index >= 15 is 0 Å². The quantitative estimate of drug-likeness (QED) is 0.739. The first-order valence-electron chi connectivity index (χ1n) is 9.53. The van der Waals surface area contributed by atoms with E-state index in [2.05, 4.69) is 47.8 Å². The molecule has 2 atom stereocenters. The Bertz CT molecular complexity index is 919. The molecule has 2 aliphatic heterocycles. The maximum atomic E-state index is 9.55. The first-order valence-corrected chi connectivity index (χ1v) is 9.91. The van der Waals surface area contributed by atoms with Crippen LogP contribution in [0.2, 0.25) is 5.02 Å². The van der Waals surface area contributed by atoms with Gasteiger partial charge < -0.3 is 14.8 Å². The lowest BCUT2D eigenvalue weighted by molar-refractivity contribution is -0.134. The van der Waals surface area contributed by atoms with Crippen LogP contribution >= 0.6 is 11.6 Å². The lowest BCUT2D eigenvalue weighted by Crippen LogP contribution is -2.45. The molecule has 1 fully saturated rings. The van der Waals surface area contributed by atoms with E-state index in [0.717, 1.165) is 18.0 Å². The van der Waals surface area contributed by atoms with Gasteiger partial charge in [-0.2, -0.15) is 0 Å². The number of halogens is 1. The summed E-state index contributed by atoms with van der Waals surface area (Å²) in [5.41, 5.74) is 4.65. The number of aliphatic carboxylic acids is 2. The molecule has 2 aromatic rings. The largest absolute Gasteiger partial charge is 0.478 e. The van der Waals surface area contributed by atoms with Crippen LogP contribution in [-0.4, -0.2) is 38.2 Å². The second-order valence-corrected chi connectivity index (χ2v) is 8.06. The molecule has 1 aromatic heterocycles. The van der Waals surface area contributed by atoms with Crippen molar-refractivity contribution in [1.29, 1.82) is 0 Å². The molecule has 1 saturated heterocycles. The van der Waals surface area contributed by atoms with Gasteiger partial charge >= 0.3 is 11.9 Å². The first-order chi connectivity index (χ1) is 13.7. The van der Waals surface area contributed by atoms with E-state index in [-0.39, 0.29) is 5.54 Å². The van der Waals surface area contributed by atoms with Crippen LogP contribution in [0.3, 0.4) is 0 Å². The van der Waals surface area contributed by atoms with Crippen molar-refractivity contribution in [3.63, 3.8) is 0 Å². The van der Waals surface area contributed by atoms with Gasteiger partial charge in [0, 0.05) is 60.7 Å². The maximum Gasteiger partial charge on any atom is 0.328 e. The second-order valence-electron chi connectivity index (χ2n) is 7.62. The highest BCUT2D eigenvalue weighted by Gasteiger charge is 2.47. The molecule has 6 nitrogen and oxygen atoms in total. The van der Waals surface area contributed by atoms with Crippen LogP contribution in [0.15, 0.2) is 48.7 Å². The summed E-state index contributed by atoms with van der Waals surface area (Å²) in [4.78, 5) is 21.8. The summed E-state index contributed by atoms with van der Waals surface area (Å²) >= 11 is 6.04. The number of aromatic nitrogens is 1. The fourth-order valence-electron chi connectivity index (χ4n) is 4.52. The van der Waals surface area contributed by atoms with Crippen LogP contribution in [0.4, 0.5) is 0 Å². The number of aryl methyl sites for hydroxylation is 1. The lowest BCUT2D eigenvalue weighted by Gasteiger charge is -2.43. The molecule has 0 saturated carbocycles. The minimum atomic E-state index is -1.26. The third-order valence-corrected chi connectivity index (χ3v) is 6.16. The van der Waals surface area contributed by atoms with Gasteiger partial charge in [-0.05, 0) is 49.1 Å². The summed E-state index contributed by atoms with van der Waals surface area (Å²) in [6.45, 7) is 3.57. The standard InChI is InChI=1S/C18H21ClN2.C4H4O4/c1-18-10-7-16(13-3-5-14(19)6-4-13)21(18)12-9-17-15(18)8-11-20(17)2;5-3(6)1-2-4(7)8/h3-6,8,11,16H,7,9-10,12H2,1-2H3;1-2H,(H,5,6)(H,7,8)/b;2-1+.